The number of hydrogen-bond acceptors (Lipinski definition) is 2. The summed E-state index contributed by atoms with van der Waals surface area (Å²) >= 11 is 17.8. The Morgan fingerprint density at radius 2 is 1.88 bits per heavy atom. The number of carbonyl (C=O) groups excluding carboxylic acids is 1. The van der Waals surface area contributed by atoms with E-state index in [1.54, 1.807) is 36.4 Å². The number of rotatable bonds is 4. The summed E-state index contributed by atoms with van der Waals surface area (Å²) in [5.74, 6) is 0. The summed E-state index contributed by atoms with van der Waals surface area (Å²) in [6.07, 6.45) is 1.62. The van der Waals surface area contributed by atoms with Crippen LogP contribution in [0.4, 0.5) is 10.5 Å². The molecule has 24 heavy (non-hydrogen) atoms. The van der Waals surface area contributed by atoms with Gasteiger partial charge in [-0.3, -0.25) is 0 Å². The van der Waals surface area contributed by atoms with Gasteiger partial charge in [0.05, 0.1) is 23.3 Å². The largest absolute Gasteiger partial charge is 0.333 e. The lowest BCUT2D eigenvalue weighted by molar-refractivity contribution is 0.253. The molecule has 0 spiro atoms. The van der Waals surface area contributed by atoms with Crippen molar-refractivity contribution in [3.8, 4) is 6.07 Å². The third kappa shape index (κ3) is 5.17. The van der Waals surface area contributed by atoms with Crippen molar-refractivity contribution in [2.45, 2.75) is 0 Å². The first kappa shape index (κ1) is 18.2. The molecule has 122 valence electrons. The molecule has 7 heteroatoms. The second kappa shape index (κ2) is 8.60. The lowest BCUT2D eigenvalue weighted by atomic mass is 10.1. The van der Waals surface area contributed by atoms with Crippen LogP contribution in [0.3, 0.4) is 0 Å². The number of benzene rings is 2. The SMILES string of the molecule is N#C/C(=C/c1ccccc1Cl)CNC(=O)Nc1ccc(Cl)cc1Cl. The summed E-state index contributed by atoms with van der Waals surface area (Å²) in [4.78, 5) is 11.9. The van der Waals surface area contributed by atoms with E-state index in [0.29, 0.717) is 31.9 Å². The predicted molar refractivity (Wildman–Crippen MR) is 98.5 cm³/mol. The summed E-state index contributed by atoms with van der Waals surface area (Å²) in [5, 5.41) is 15.7. The normalized spacial score (nSPS) is 10.8. The van der Waals surface area contributed by atoms with Gasteiger partial charge in [-0.1, -0.05) is 53.0 Å². The van der Waals surface area contributed by atoms with E-state index in [4.69, 9.17) is 34.8 Å². The minimum Gasteiger partial charge on any atom is -0.333 e. The van der Waals surface area contributed by atoms with Crippen molar-refractivity contribution < 1.29 is 4.79 Å². The molecule has 2 amide bonds. The first-order valence-corrected chi connectivity index (χ1v) is 7.98. The molecular weight excluding hydrogens is 369 g/mol. The van der Waals surface area contributed by atoms with Crippen molar-refractivity contribution in [3.63, 3.8) is 0 Å². The van der Waals surface area contributed by atoms with Gasteiger partial charge in [0.15, 0.2) is 0 Å². The Bertz CT molecular complexity index is 828. The highest BCUT2D eigenvalue weighted by molar-refractivity contribution is 6.36. The average molecular weight is 381 g/mol. The van der Waals surface area contributed by atoms with Crippen molar-refractivity contribution in [1.82, 2.24) is 5.32 Å². The molecule has 0 aromatic heterocycles. The molecule has 4 nitrogen and oxygen atoms in total. The smallest absolute Gasteiger partial charge is 0.319 e. The van der Waals surface area contributed by atoms with Gasteiger partial charge in [0, 0.05) is 15.6 Å². The first-order valence-electron chi connectivity index (χ1n) is 6.84. The number of nitrogens with one attached hydrogen (secondary N) is 2. The van der Waals surface area contributed by atoms with E-state index >= 15 is 0 Å². The topological polar surface area (TPSA) is 64.9 Å². The van der Waals surface area contributed by atoms with Crippen LogP contribution in [0.25, 0.3) is 6.08 Å². The zero-order chi connectivity index (χ0) is 17.5. The molecule has 0 aliphatic carbocycles. The minimum absolute atomic E-state index is 0.0543. The maximum Gasteiger partial charge on any atom is 0.319 e. The molecule has 2 rings (SSSR count). The Labute approximate surface area is 154 Å². The molecular formula is C17H12Cl3N3O. The van der Waals surface area contributed by atoms with E-state index in [-0.39, 0.29) is 6.54 Å². The zero-order valence-electron chi connectivity index (χ0n) is 12.3. The van der Waals surface area contributed by atoms with Crippen LogP contribution >= 0.6 is 34.8 Å². The summed E-state index contributed by atoms with van der Waals surface area (Å²) in [7, 11) is 0. The third-order valence-electron chi connectivity index (χ3n) is 3.00. The van der Waals surface area contributed by atoms with Crippen LogP contribution in [0.15, 0.2) is 48.0 Å². The van der Waals surface area contributed by atoms with Gasteiger partial charge in [-0.05, 0) is 35.9 Å². The van der Waals surface area contributed by atoms with Crippen LogP contribution in [0.2, 0.25) is 15.1 Å². The molecule has 0 saturated heterocycles. The van der Waals surface area contributed by atoms with Crippen molar-refractivity contribution in [2.75, 3.05) is 11.9 Å². The molecule has 0 aliphatic rings. The maximum atomic E-state index is 11.9. The van der Waals surface area contributed by atoms with Crippen LogP contribution in [-0.2, 0) is 0 Å². The van der Waals surface area contributed by atoms with Gasteiger partial charge in [0.2, 0.25) is 0 Å². The summed E-state index contributed by atoms with van der Waals surface area (Å²) in [5.41, 5.74) is 1.49. The van der Waals surface area contributed by atoms with Gasteiger partial charge < -0.3 is 10.6 Å². The number of carbonyl (C=O) groups is 1. The highest BCUT2D eigenvalue weighted by Crippen LogP contribution is 2.25. The molecule has 0 aliphatic heterocycles. The minimum atomic E-state index is -0.487. The fourth-order valence-electron chi connectivity index (χ4n) is 1.84. The number of amides is 2. The number of urea groups is 1. The monoisotopic (exact) mass is 379 g/mol. The molecule has 0 atom stereocenters. The molecule has 2 N–H and O–H groups in total. The Morgan fingerprint density at radius 3 is 2.54 bits per heavy atom. The van der Waals surface area contributed by atoms with E-state index in [1.165, 1.54) is 6.07 Å². The number of anilines is 1. The fourth-order valence-corrected chi connectivity index (χ4v) is 2.48. The number of halogens is 3. The van der Waals surface area contributed by atoms with E-state index in [9.17, 15) is 10.1 Å². The van der Waals surface area contributed by atoms with Crippen molar-refractivity contribution in [1.29, 1.82) is 5.26 Å². The Kier molecular flexibility index (Phi) is 6.51. The summed E-state index contributed by atoms with van der Waals surface area (Å²) in [6.45, 7) is 0.0543. The van der Waals surface area contributed by atoms with Gasteiger partial charge in [0.25, 0.3) is 0 Å². The molecule has 0 saturated carbocycles. The van der Waals surface area contributed by atoms with Crippen molar-refractivity contribution >= 4 is 52.6 Å². The number of nitrogens with zero attached hydrogens (tertiary/aromatic N) is 1. The highest BCUT2D eigenvalue weighted by atomic mass is 35.5. The summed E-state index contributed by atoms with van der Waals surface area (Å²) in [6, 6.07) is 13.4. The highest BCUT2D eigenvalue weighted by Gasteiger charge is 2.07. The fraction of sp³-hybridized carbons (Fsp3) is 0.0588. The number of hydrogen-bond donors (Lipinski definition) is 2. The summed E-state index contributed by atoms with van der Waals surface area (Å²) < 4.78 is 0. The van der Waals surface area contributed by atoms with Gasteiger partial charge in [-0.25, -0.2) is 4.79 Å². The Balaban J connectivity index is 1.99. The maximum absolute atomic E-state index is 11.9. The third-order valence-corrected chi connectivity index (χ3v) is 3.89. The van der Waals surface area contributed by atoms with Gasteiger partial charge in [-0.15, -0.1) is 0 Å². The lowest BCUT2D eigenvalue weighted by Crippen LogP contribution is -2.30. The van der Waals surface area contributed by atoms with Crippen LogP contribution < -0.4 is 10.6 Å². The zero-order valence-corrected chi connectivity index (χ0v) is 14.6. The van der Waals surface area contributed by atoms with Gasteiger partial charge in [-0.2, -0.15) is 5.26 Å². The molecule has 2 aromatic rings. The second-order valence-corrected chi connectivity index (χ2v) is 5.99. The Hall–Kier alpha value is -2.19. The van der Waals surface area contributed by atoms with E-state index in [1.807, 2.05) is 12.1 Å². The first-order chi connectivity index (χ1) is 11.5. The standard InChI is InChI=1S/C17H12Cl3N3O/c18-13-5-6-16(15(20)8-13)23-17(24)22-10-11(9-21)7-12-3-1-2-4-14(12)19/h1-8H,10H2,(H2,22,23,24)/b11-7-. The van der Waals surface area contributed by atoms with Crippen molar-refractivity contribution in [2.24, 2.45) is 0 Å². The second-order valence-electron chi connectivity index (χ2n) is 4.73. The van der Waals surface area contributed by atoms with Crippen LogP contribution in [-0.4, -0.2) is 12.6 Å². The quantitative estimate of drug-likeness (QED) is 0.700. The van der Waals surface area contributed by atoms with E-state index in [0.717, 1.165) is 0 Å². The van der Waals surface area contributed by atoms with Crippen LogP contribution in [0, 0.1) is 11.3 Å². The van der Waals surface area contributed by atoms with Crippen LogP contribution in [0.5, 0.6) is 0 Å². The molecule has 0 fully saturated rings. The van der Waals surface area contributed by atoms with Gasteiger partial charge in [0.1, 0.15) is 0 Å². The lowest BCUT2D eigenvalue weighted by Gasteiger charge is -2.09. The molecule has 0 radical (unpaired) electrons. The van der Waals surface area contributed by atoms with Crippen LogP contribution in [0.1, 0.15) is 5.56 Å². The molecule has 0 unspecified atom stereocenters. The predicted octanol–water partition coefficient (Wildman–Crippen LogP) is 5.38. The molecule has 0 bridgehead atoms. The molecule has 2 aromatic carbocycles. The van der Waals surface area contributed by atoms with Crippen molar-refractivity contribution in [3.05, 3.63) is 68.7 Å². The van der Waals surface area contributed by atoms with E-state index in [2.05, 4.69) is 10.6 Å². The van der Waals surface area contributed by atoms with Gasteiger partial charge >= 0.3 is 6.03 Å². The van der Waals surface area contributed by atoms with E-state index < -0.39 is 6.03 Å². The Morgan fingerprint density at radius 1 is 1.12 bits per heavy atom. The number of nitriles is 1. The molecule has 0 heterocycles. The average Bonchev–Trinajstić information content (AvgIpc) is 2.55.